The van der Waals surface area contributed by atoms with Crippen LogP contribution in [0.15, 0.2) is 25.4 Å². The maximum Gasteiger partial charge on any atom is 0.0672 e. The Labute approximate surface area is 68.6 Å². The summed E-state index contributed by atoms with van der Waals surface area (Å²) in [7, 11) is 0. The highest BCUT2D eigenvalue weighted by molar-refractivity contribution is 5.07. The van der Waals surface area contributed by atoms with Gasteiger partial charge in [0, 0.05) is 19.6 Å². The molecular formula is C9H16N2. The molecule has 0 aromatic rings. The lowest BCUT2D eigenvalue weighted by molar-refractivity contribution is 0.176. The Morgan fingerprint density at radius 3 is 2.73 bits per heavy atom. The summed E-state index contributed by atoms with van der Waals surface area (Å²) in [6.45, 7) is 12.8. The number of piperazine rings is 1. The van der Waals surface area contributed by atoms with Crippen LogP contribution in [-0.4, -0.2) is 30.1 Å². The molecule has 1 aliphatic rings. The smallest absolute Gasteiger partial charge is 0.0672 e. The monoisotopic (exact) mass is 152 g/mol. The first-order valence-corrected chi connectivity index (χ1v) is 3.96. The van der Waals surface area contributed by atoms with Crippen molar-refractivity contribution in [2.75, 3.05) is 19.6 Å². The molecule has 2 heteroatoms. The predicted octanol–water partition coefficient (Wildman–Crippen LogP) is 0.980. The van der Waals surface area contributed by atoms with Gasteiger partial charge in [0.25, 0.3) is 0 Å². The lowest BCUT2D eigenvalue weighted by atomic mass is 9.98. The highest BCUT2D eigenvalue weighted by atomic mass is 15.2. The van der Waals surface area contributed by atoms with E-state index in [1.807, 2.05) is 12.3 Å². The molecule has 11 heavy (non-hydrogen) atoms. The summed E-state index contributed by atoms with van der Waals surface area (Å²) in [5, 5.41) is 3.33. The van der Waals surface area contributed by atoms with Crippen LogP contribution in [0.1, 0.15) is 6.92 Å². The summed E-state index contributed by atoms with van der Waals surface area (Å²) >= 11 is 0. The normalized spacial score (nSPS) is 31.5. The Bertz CT molecular complexity index is 165. The molecule has 2 nitrogen and oxygen atoms in total. The first-order valence-electron chi connectivity index (χ1n) is 3.96. The van der Waals surface area contributed by atoms with Gasteiger partial charge >= 0.3 is 0 Å². The third kappa shape index (κ3) is 1.46. The number of nitrogens with one attached hydrogen (secondary N) is 1. The van der Waals surface area contributed by atoms with Gasteiger partial charge in [0.1, 0.15) is 0 Å². The van der Waals surface area contributed by atoms with E-state index in [1.165, 1.54) is 0 Å². The number of hydrogen-bond acceptors (Lipinski definition) is 2. The van der Waals surface area contributed by atoms with Crippen LogP contribution < -0.4 is 5.32 Å². The average molecular weight is 152 g/mol. The molecule has 0 saturated carbocycles. The summed E-state index contributed by atoms with van der Waals surface area (Å²) in [4.78, 5) is 2.22. The van der Waals surface area contributed by atoms with E-state index in [1.54, 1.807) is 0 Å². The van der Waals surface area contributed by atoms with Crippen LogP contribution in [0, 0.1) is 0 Å². The van der Waals surface area contributed by atoms with E-state index in [-0.39, 0.29) is 5.54 Å². The Kier molecular flexibility index (Phi) is 2.35. The lowest BCUT2D eigenvalue weighted by Crippen LogP contribution is -2.55. The Balaban J connectivity index is 2.72. The van der Waals surface area contributed by atoms with Crippen molar-refractivity contribution in [1.29, 1.82) is 0 Å². The SMILES string of the molecule is C=CN1CCNCC1(C)C=C. The van der Waals surface area contributed by atoms with E-state index in [4.69, 9.17) is 0 Å². The molecule has 1 unspecified atom stereocenters. The van der Waals surface area contributed by atoms with Gasteiger partial charge in [-0.25, -0.2) is 0 Å². The zero-order valence-electron chi connectivity index (χ0n) is 7.14. The van der Waals surface area contributed by atoms with Crippen LogP contribution in [0.2, 0.25) is 0 Å². The molecule has 0 aliphatic carbocycles. The van der Waals surface area contributed by atoms with Crippen molar-refractivity contribution in [3.05, 3.63) is 25.4 Å². The summed E-state index contributed by atoms with van der Waals surface area (Å²) in [6.07, 6.45) is 3.86. The number of rotatable bonds is 2. The number of hydrogen-bond donors (Lipinski definition) is 1. The molecule has 1 aliphatic heterocycles. The van der Waals surface area contributed by atoms with Crippen molar-refractivity contribution < 1.29 is 0 Å². The van der Waals surface area contributed by atoms with Gasteiger partial charge in [-0.2, -0.15) is 0 Å². The molecule has 0 spiro atoms. The van der Waals surface area contributed by atoms with Crippen molar-refractivity contribution in [3.8, 4) is 0 Å². The molecule has 1 N–H and O–H groups in total. The molecule has 0 radical (unpaired) electrons. The molecular weight excluding hydrogens is 136 g/mol. The molecule has 1 atom stereocenters. The lowest BCUT2D eigenvalue weighted by Gasteiger charge is -2.42. The maximum atomic E-state index is 3.82. The van der Waals surface area contributed by atoms with Gasteiger partial charge in [0.05, 0.1) is 5.54 Å². The molecule has 1 saturated heterocycles. The van der Waals surface area contributed by atoms with Crippen LogP contribution in [0.3, 0.4) is 0 Å². The second-order valence-corrected chi connectivity index (χ2v) is 3.11. The third-order valence-electron chi connectivity index (χ3n) is 2.33. The minimum Gasteiger partial charge on any atom is -0.367 e. The second-order valence-electron chi connectivity index (χ2n) is 3.11. The van der Waals surface area contributed by atoms with Crippen LogP contribution in [-0.2, 0) is 0 Å². The fourth-order valence-electron chi connectivity index (χ4n) is 1.39. The summed E-state index contributed by atoms with van der Waals surface area (Å²) in [5.41, 5.74) is 0.0556. The third-order valence-corrected chi connectivity index (χ3v) is 2.33. The summed E-state index contributed by atoms with van der Waals surface area (Å²) in [6, 6.07) is 0. The second kappa shape index (κ2) is 3.09. The fourth-order valence-corrected chi connectivity index (χ4v) is 1.39. The zero-order valence-corrected chi connectivity index (χ0v) is 7.14. The fraction of sp³-hybridized carbons (Fsp3) is 0.556. The van der Waals surface area contributed by atoms with Crippen molar-refractivity contribution in [3.63, 3.8) is 0 Å². The van der Waals surface area contributed by atoms with Crippen LogP contribution in [0.5, 0.6) is 0 Å². The van der Waals surface area contributed by atoms with Gasteiger partial charge in [-0.05, 0) is 13.1 Å². The summed E-state index contributed by atoms with van der Waals surface area (Å²) < 4.78 is 0. The summed E-state index contributed by atoms with van der Waals surface area (Å²) in [5.74, 6) is 0. The Hall–Kier alpha value is -0.760. The van der Waals surface area contributed by atoms with Gasteiger partial charge in [0.2, 0.25) is 0 Å². The first-order chi connectivity index (χ1) is 5.23. The molecule has 62 valence electrons. The molecule has 0 bridgehead atoms. The van der Waals surface area contributed by atoms with Crippen LogP contribution in [0.25, 0.3) is 0 Å². The minimum absolute atomic E-state index is 0.0556. The van der Waals surface area contributed by atoms with E-state index in [0.29, 0.717) is 0 Å². The van der Waals surface area contributed by atoms with E-state index in [9.17, 15) is 0 Å². The maximum absolute atomic E-state index is 3.82. The van der Waals surface area contributed by atoms with E-state index >= 15 is 0 Å². The van der Waals surface area contributed by atoms with Gasteiger partial charge in [-0.3, -0.25) is 0 Å². The van der Waals surface area contributed by atoms with Gasteiger partial charge in [-0.15, -0.1) is 6.58 Å². The Morgan fingerprint density at radius 1 is 1.55 bits per heavy atom. The highest BCUT2D eigenvalue weighted by Crippen LogP contribution is 2.17. The van der Waals surface area contributed by atoms with E-state index in [0.717, 1.165) is 19.6 Å². The van der Waals surface area contributed by atoms with Crippen molar-refractivity contribution in [1.82, 2.24) is 10.2 Å². The first kappa shape index (κ1) is 8.34. The van der Waals surface area contributed by atoms with Crippen molar-refractivity contribution in [2.45, 2.75) is 12.5 Å². The molecule has 0 amide bonds. The molecule has 0 aromatic heterocycles. The zero-order chi connectivity index (χ0) is 8.32. The van der Waals surface area contributed by atoms with Crippen molar-refractivity contribution in [2.24, 2.45) is 0 Å². The standard InChI is InChI=1S/C9H16N2/c1-4-9(3)8-10-6-7-11(9)5-2/h4-5,10H,1-2,6-8H2,3H3. The number of nitrogens with zero attached hydrogens (tertiary/aromatic N) is 1. The average Bonchev–Trinajstić information content (AvgIpc) is 2.05. The molecule has 0 aromatic carbocycles. The van der Waals surface area contributed by atoms with E-state index < -0.39 is 0 Å². The van der Waals surface area contributed by atoms with Crippen LogP contribution >= 0.6 is 0 Å². The van der Waals surface area contributed by atoms with E-state index in [2.05, 4.69) is 30.3 Å². The molecule has 1 heterocycles. The van der Waals surface area contributed by atoms with Gasteiger partial charge in [0.15, 0.2) is 0 Å². The molecule has 1 rings (SSSR count). The Morgan fingerprint density at radius 2 is 2.27 bits per heavy atom. The minimum atomic E-state index is 0.0556. The predicted molar refractivity (Wildman–Crippen MR) is 48.4 cm³/mol. The quantitative estimate of drug-likeness (QED) is 0.593. The largest absolute Gasteiger partial charge is 0.367 e. The molecule has 1 fully saturated rings. The topological polar surface area (TPSA) is 15.3 Å². The highest BCUT2D eigenvalue weighted by Gasteiger charge is 2.28. The van der Waals surface area contributed by atoms with Crippen molar-refractivity contribution >= 4 is 0 Å². The van der Waals surface area contributed by atoms with Gasteiger partial charge in [-0.1, -0.05) is 12.7 Å². The van der Waals surface area contributed by atoms with Gasteiger partial charge < -0.3 is 10.2 Å². The van der Waals surface area contributed by atoms with Crippen LogP contribution in [0.4, 0.5) is 0 Å².